The van der Waals surface area contributed by atoms with Gasteiger partial charge in [0.15, 0.2) is 0 Å². The maximum absolute atomic E-state index is 9.03. The van der Waals surface area contributed by atoms with E-state index in [4.69, 9.17) is 22.6 Å². The quantitative estimate of drug-likeness (QED) is 0.884. The van der Waals surface area contributed by atoms with E-state index in [1.165, 1.54) is 0 Å². The summed E-state index contributed by atoms with van der Waals surface area (Å²) >= 11 is 5.83. The number of rotatable bonds is 2. The zero-order chi connectivity index (χ0) is 12.4. The second-order valence-corrected chi connectivity index (χ2v) is 4.33. The molecule has 0 spiro atoms. The van der Waals surface area contributed by atoms with Crippen molar-refractivity contribution in [2.24, 2.45) is 0 Å². The molecule has 0 bridgehead atoms. The minimum absolute atomic E-state index is 0.579. The third-order valence-electron chi connectivity index (χ3n) is 2.77. The third kappa shape index (κ3) is 2.27. The summed E-state index contributed by atoms with van der Waals surface area (Å²) in [5, 5.41) is 9.74. The lowest BCUT2D eigenvalue weighted by molar-refractivity contribution is 0.766. The molecular weight excluding hydrogens is 234 g/mol. The average Bonchev–Trinajstić information content (AvgIpc) is 2.59. The fourth-order valence-corrected chi connectivity index (χ4v) is 1.86. The van der Waals surface area contributed by atoms with Gasteiger partial charge in [0.25, 0.3) is 0 Å². The van der Waals surface area contributed by atoms with Gasteiger partial charge in [0.2, 0.25) is 0 Å². The standard InChI is InChI=1S/C13H12ClN3/c1-9-13(16)6-12(7-15)17(9)8-10-2-4-11(14)5-3-10/h2-6H,8,16H2,1H3. The molecule has 17 heavy (non-hydrogen) atoms. The van der Waals surface area contributed by atoms with Crippen LogP contribution in [0, 0.1) is 18.3 Å². The molecule has 2 aromatic rings. The Balaban J connectivity index is 2.36. The van der Waals surface area contributed by atoms with Gasteiger partial charge in [-0.1, -0.05) is 23.7 Å². The number of nitriles is 1. The molecule has 1 heterocycles. The summed E-state index contributed by atoms with van der Waals surface area (Å²) in [6.07, 6.45) is 0. The van der Waals surface area contributed by atoms with Crippen LogP contribution in [0.2, 0.25) is 5.02 Å². The number of aromatic nitrogens is 1. The Morgan fingerprint density at radius 3 is 2.59 bits per heavy atom. The van der Waals surface area contributed by atoms with Crippen molar-refractivity contribution in [2.45, 2.75) is 13.5 Å². The Morgan fingerprint density at radius 2 is 2.00 bits per heavy atom. The zero-order valence-corrected chi connectivity index (χ0v) is 10.2. The molecule has 86 valence electrons. The lowest BCUT2D eigenvalue weighted by Gasteiger charge is -2.08. The molecule has 1 aromatic heterocycles. The molecule has 0 amide bonds. The van der Waals surface area contributed by atoms with Gasteiger partial charge < -0.3 is 10.3 Å². The summed E-state index contributed by atoms with van der Waals surface area (Å²) in [7, 11) is 0. The van der Waals surface area contributed by atoms with Crippen molar-refractivity contribution in [3.63, 3.8) is 0 Å². The topological polar surface area (TPSA) is 54.7 Å². The SMILES string of the molecule is Cc1c(N)cc(C#N)n1Cc1ccc(Cl)cc1. The first-order chi connectivity index (χ1) is 8.11. The predicted molar refractivity (Wildman–Crippen MR) is 68.9 cm³/mol. The van der Waals surface area contributed by atoms with E-state index in [9.17, 15) is 0 Å². The Hall–Kier alpha value is -1.92. The highest BCUT2D eigenvalue weighted by Crippen LogP contribution is 2.19. The van der Waals surface area contributed by atoms with E-state index in [2.05, 4.69) is 6.07 Å². The highest BCUT2D eigenvalue weighted by Gasteiger charge is 2.09. The molecule has 3 nitrogen and oxygen atoms in total. The van der Waals surface area contributed by atoms with Gasteiger partial charge >= 0.3 is 0 Å². The highest BCUT2D eigenvalue weighted by atomic mass is 35.5. The largest absolute Gasteiger partial charge is 0.397 e. The summed E-state index contributed by atoms with van der Waals surface area (Å²) in [5.41, 5.74) is 9.03. The second-order valence-electron chi connectivity index (χ2n) is 3.89. The third-order valence-corrected chi connectivity index (χ3v) is 3.03. The molecule has 0 saturated carbocycles. The fraction of sp³-hybridized carbons (Fsp3) is 0.154. The molecule has 0 aliphatic heterocycles. The van der Waals surface area contributed by atoms with Gasteiger partial charge in [-0.05, 0) is 30.7 Å². The minimum atomic E-state index is 0.579. The van der Waals surface area contributed by atoms with Crippen LogP contribution in [-0.4, -0.2) is 4.57 Å². The second kappa shape index (κ2) is 4.52. The molecule has 1 aromatic carbocycles. The van der Waals surface area contributed by atoms with Crippen LogP contribution in [0.25, 0.3) is 0 Å². The molecule has 2 N–H and O–H groups in total. The zero-order valence-electron chi connectivity index (χ0n) is 9.44. The summed E-state index contributed by atoms with van der Waals surface area (Å²) in [6, 6.07) is 11.4. The van der Waals surface area contributed by atoms with Crippen molar-refractivity contribution in [2.75, 3.05) is 5.73 Å². The lowest BCUT2D eigenvalue weighted by Crippen LogP contribution is -2.04. The van der Waals surface area contributed by atoms with Gasteiger partial charge in [-0.15, -0.1) is 0 Å². The monoisotopic (exact) mass is 245 g/mol. The molecule has 0 aliphatic rings. The van der Waals surface area contributed by atoms with Gasteiger partial charge in [-0.3, -0.25) is 0 Å². The molecular formula is C13H12ClN3. The van der Waals surface area contributed by atoms with E-state index in [0.29, 0.717) is 22.9 Å². The predicted octanol–water partition coefficient (Wildman–Crippen LogP) is 2.95. The van der Waals surface area contributed by atoms with Crippen molar-refractivity contribution in [3.8, 4) is 6.07 Å². The molecule has 0 aliphatic carbocycles. The molecule has 4 heteroatoms. The highest BCUT2D eigenvalue weighted by molar-refractivity contribution is 6.30. The first-order valence-corrected chi connectivity index (χ1v) is 5.59. The maximum Gasteiger partial charge on any atom is 0.122 e. The van der Waals surface area contributed by atoms with Crippen molar-refractivity contribution in [1.29, 1.82) is 5.26 Å². The number of hydrogen-bond acceptors (Lipinski definition) is 2. The van der Waals surface area contributed by atoms with Gasteiger partial charge in [-0.2, -0.15) is 5.26 Å². The molecule has 0 saturated heterocycles. The normalized spacial score (nSPS) is 10.2. The summed E-state index contributed by atoms with van der Waals surface area (Å²) < 4.78 is 1.90. The number of nitrogens with zero attached hydrogens (tertiary/aromatic N) is 2. The summed E-state index contributed by atoms with van der Waals surface area (Å²) in [5.74, 6) is 0. The van der Waals surface area contributed by atoms with Gasteiger partial charge in [0.1, 0.15) is 11.8 Å². The average molecular weight is 246 g/mol. The molecule has 0 fully saturated rings. The number of benzene rings is 1. The Labute approximate surface area is 105 Å². The van der Waals surface area contributed by atoms with Crippen molar-refractivity contribution in [3.05, 3.63) is 52.3 Å². The van der Waals surface area contributed by atoms with E-state index >= 15 is 0 Å². The molecule has 0 radical (unpaired) electrons. The van der Waals surface area contributed by atoms with Gasteiger partial charge in [-0.25, -0.2) is 0 Å². The van der Waals surface area contributed by atoms with Crippen LogP contribution in [0.1, 0.15) is 17.0 Å². The molecule has 2 rings (SSSR count). The Bertz CT molecular complexity index is 576. The number of hydrogen-bond donors (Lipinski definition) is 1. The van der Waals surface area contributed by atoms with E-state index in [1.54, 1.807) is 6.07 Å². The first-order valence-electron chi connectivity index (χ1n) is 5.22. The van der Waals surface area contributed by atoms with E-state index in [0.717, 1.165) is 11.3 Å². The van der Waals surface area contributed by atoms with Crippen molar-refractivity contribution in [1.82, 2.24) is 4.57 Å². The smallest absolute Gasteiger partial charge is 0.122 e. The van der Waals surface area contributed by atoms with Gasteiger partial charge in [0, 0.05) is 17.3 Å². The molecule has 0 unspecified atom stereocenters. The van der Waals surface area contributed by atoms with Crippen LogP contribution >= 0.6 is 11.6 Å². The first kappa shape index (κ1) is 11.6. The number of nitrogen functional groups attached to an aromatic ring is 1. The lowest BCUT2D eigenvalue weighted by atomic mass is 10.2. The number of nitrogens with two attached hydrogens (primary N) is 1. The van der Waals surface area contributed by atoms with Crippen LogP contribution in [0.3, 0.4) is 0 Å². The van der Waals surface area contributed by atoms with Crippen LogP contribution in [0.4, 0.5) is 5.69 Å². The van der Waals surface area contributed by atoms with Crippen molar-refractivity contribution >= 4 is 17.3 Å². The number of halogens is 1. The van der Waals surface area contributed by atoms with Gasteiger partial charge in [0.05, 0.1) is 5.69 Å². The van der Waals surface area contributed by atoms with Crippen LogP contribution in [-0.2, 0) is 6.54 Å². The van der Waals surface area contributed by atoms with Crippen LogP contribution in [0.5, 0.6) is 0 Å². The van der Waals surface area contributed by atoms with E-state index in [-0.39, 0.29) is 0 Å². The van der Waals surface area contributed by atoms with E-state index < -0.39 is 0 Å². The maximum atomic E-state index is 9.03. The minimum Gasteiger partial charge on any atom is -0.397 e. The van der Waals surface area contributed by atoms with Crippen LogP contribution < -0.4 is 5.73 Å². The Morgan fingerprint density at radius 1 is 1.35 bits per heavy atom. The molecule has 0 atom stereocenters. The summed E-state index contributed by atoms with van der Waals surface area (Å²) in [4.78, 5) is 0. The fourth-order valence-electron chi connectivity index (χ4n) is 1.73. The number of anilines is 1. The Kier molecular flexibility index (Phi) is 3.08. The van der Waals surface area contributed by atoms with E-state index in [1.807, 2.05) is 35.8 Å². The van der Waals surface area contributed by atoms with Crippen molar-refractivity contribution < 1.29 is 0 Å². The van der Waals surface area contributed by atoms with Crippen LogP contribution in [0.15, 0.2) is 30.3 Å². The summed E-state index contributed by atoms with van der Waals surface area (Å²) in [6.45, 7) is 2.54.